The van der Waals surface area contributed by atoms with Gasteiger partial charge in [0.1, 0.15) is 16.9 Å². The Bertz CT molecular complexity index is 1330. The number of imide groups is 1. The molecule has 10 nitrogen and oxygen atoms in total. The highest BCUT2D eigenvalue weighted by atomic mass is 32.1. The van der Waals surface area contributed by atoms with Gasteiger partial charge in [0.05, 0.1) is 16.3 Å². The Balaban J connectivity index is 1.24. The van der Waals surface area contributed by atoms with Crippen molar-refractivity contribution in [1.82, 2.24) is 30.8 Å². The van der Waals surface area contributed by atoms with Crippen LogP contribution in [-0.2, 0) is 9.59 Å². The summed E-state index contributed by atoms with van der Waals surface area (Å²) in [6, 6.07) is 10.8. The normalized spacial score (nSPS) is 22.0. The van der Waals surface area contributed by atoms with E-state index in [2.05, 4.69) is 21.3 Å². The lowest BCUT2D eigenvalue weighted by Gasteiger charge is -2.36. The van der Waals surface area contributed by atoms with Crippen LogP contribution in [0.25, 0.3) is 15.9 Å². The zero-order chi connectivity index (χ0) is 24.7. The predicted octanol–water partition coefficient (Wildman–Crippen LogP) is 2.66. The van der Waals surface area contributed by atoms with Gasteiger partial charge in [-0.1, -0.05) is 38.0 Å². The van der Waals surface area contributed by atoms with E-state index < -0.39 is 29.9 Å². The van der Waals surface area contributed by atoms with Gasteiger partial charge in [-0.15, -0.1) is 11.3 Å². The van der Waals surface area contributed by atoms with E-state index in [1.807, 2.05) is 44.2 Å². The van der Waals surface area contributed by atoms with Crippen LogP contribution in [0.3, 0.4) is 0 Å². The molecule has 1 aliphatic carbocycles. The van der Waals surface area contributed by atoms with Crippen molar-refractivity contribution in [1.29, 1.82) is 0 Å². The first kappa shape index (κ1) is 23.0. The highest BCUT2D eigenvalue weighted by Crippen LogP contribution is 2.38. The smallest absolute Gasteiger partial charge is 0.323 e. The number of hydrazine groups is 1. The second-order valence-electron chi connectivity index (χ2n) is 9.10. The van der Waals surface area contributed by atoms with Gasteiger partial charge in [-0.05, 0) is 43.9 Å². The number of nitrogens with zero attached hydrogens (tertiary/aromatic N) is 3. The molecule has 1 aliphatic heterocycles. The van der Waals surface area contributed by atoms with Crippen molar-refractivity contribution in [3.63, 3.8) is 0 Å². The van der Waals surface area contributed by atoms with Crippen molar-refractivity contribution < 1.29 is 19.2 Å². The van der Waals surface area contributed by atoms with E-state index in [9.17, 15) is 19.2 Å². The van der Waals surface area contributed by atoms with Crippen LogP contribution in [0, 0.1) is 12.8 Å². The molecule has 2 unspecified atom stereocenters. The molecule has 1 saturated carbocycles. The third-order valence-electron chi connectivity index (χ3n) is 6.89. The number of rotatable bonds is 4. The maximum atomic E-state index is 13.0. The number of carbonyl (C=O) groups is 4. The Labute approximate surface area is 205 Å². The quantitative estimate of drug-likeness (QED) is 0.380. The number of para-hydroxylation sites is 1. The largest absolute Gasteiger partial charge is 0.325 e. The van der Waals surface area contributed by atoms with E-state index in [0.717, 1.165) is 45.8 Å². The molecular formula is C24H26N6O4S. The molecule has 3 N–H and O–H groups in total. The number of nitrogens with one attached hydrogen (secondary N) is 3. The number of aromatic nitrogens is 2. The fourth-order valence-electron chi connectivity index (χ4n) is 4.91. The number of hydrogen-bond acceptors (Lipinski definition) is 6. The van der Waals surface area contributed by atoms with Crippen molar-refractivity contribution in [3.8, 4) is 5.69 Å². The fraction of sp³-hybridized carbons (Fsp3) is 0.375. The molecule has 3 heterocycles. The number of amides is 5. The van der Waals surface area contributed by atoms with Gasteiger partial charge in [0.15, 0.2) is 0 Å². The van der Waals surface area contributed by atoms with Gasteiger partial charge in [-0.3, -0.25) is 30.1 Å². The molecule has 5 rings (SSSR count). The molecule has 182 valence electrons. The minimum absolute atomic E-state index is 0.00342. The van der Waals surface area contributed by atoms with Gasteiger partial charge in [-0.2, -0.15) is 5.10 Å². The number of hydrogen-bond donors (Lipinski definition) is 3. The van der Waals surface area contributed by atoms with E-state index in [0.29, 0.717) is 11.3 Å². The van der Waals surface area contributed by atoms with Crippen LogP contribution in [0.1, 0.15) is 48.0 Å². The topological polar surface area (TPSA) is 125 Å². The highest BCUT2D eigenvalue weighted by Gasteiger charge is 2.55. The number of urea groups is 1. The van der Waals surface area contributed by atoms with Gasteiger partial charge in [0.2, 0.25) is 0 Å². The molecule has 2 aromatic heterocycles. The average molecular weight is 495 g/mol. The Morgan fingerprint density at radius 3 is 2.71 bits per heavy atom. The van der Waals surface area contributed by atoms with Crippen molar-refractivity contribution in [2.45, 2.75) is 45.1 Å². The van der Waals surface area contributed by atoms with Gasteiger partial charge >= 0.3 is 6.03 Å². The summed E-state index contributed by atoms with van der Waals surface area (Å²) in [6.07, 6.45) is 3.28. The summed E-state index contributed by atoms with van der Waals surface area (Å²) in [4.78, 5) is 52.8. The number of carbonyl (C=O) groups excluding carboxylic acids is 4. The predicted molar refractivity (Wildman–Crippen MR) is 130 cm³/mol. The molecule has 5 amide bonds. The molecule has 11 heteroatoms. The van der Waals surface area contributed by atoms with Crippen molar-refractivity contribution in [3.05, 3.63) is 47.0 Å². The number of benzene rings is 1. The summed E-state index contributed by atoms with van der Waals surface area (Å²) >= 11 is 1.26. The summed E-state index contributed by atoms with van der Waals surface area (Å²) in [6.45, 7) is 3.36. The van der Waals surface area contributed by atoms with Crippen molar-refractivity contribution in [2.24, 2.45) is 5.92 Å². The lowest BCUT2D eigenvalue weighted by molar-refractivity contribution is -0.137. The standard InChI is InChI=1S/C24H26N6O4S/c1-14-8-6-7-11-24(14)22(33)29(23(34)25-24)13-19(31)26-27-20(32)18-12-17-15(2)28-30(21(17)35-18)16-9-4-3-5-10-16/h3-5,9-10,12,14H,6-8,11,13H2,1-2H3,(H,25,34)(H,26,31)(H,27,32). The lowest BCUT2D eigenvalue weighted by Crippen LogP contribution is -2.54. The van der Waals surface area contributed by atoms with Crippen molar-refractivity contribution in [2.75, 3.05) is 6.54 Å². The highest BCUT2D eigenvalue weighted by molar-refractivity contribution is 7.20. The number of thiophene rings is 1. The Hall–Kier alpha value is -3.73. The molecule has 0 bridgehead atoms. The minimum Gasteiger partial charge on any atom is -0.323 e. The molecule has 1 aromatic carbocycles. The Morgan fingerprint density at radius 1 is 1.20 bits per heavy atom. The van der Waals surface area contributed by atoms with Crippen LogP contribution in [0.15, 0.2) is 36.4 Å². The maximum Gasteiger partial charge on any atom is 0.325 e. The summed E-state index contributed by atoms with van der Waals surface area (Å²) < 4.78 is 1.78. The number of aryl methyl sites for hydroxylation is 1. The Kier molecular flexibility index (Phi) is 5.79. The molecule has 0 radical (unpaired) electrons. The minimum atomic E-state index is -0.930. The van der Waals surface area contributed by atoms with Crippen LogP contribution in [-0.4, -0.2) is 50.5 Å². The first-order valence-electron chi connectivity index (χ1n) is 11.6. The van der Waals surface area contributed by atoms with Gasteiger partial charge in [-0.25, -0.2) is 9.48 Å². The summed E-state index contributed by atoms with van der Waals surface area (Å²) in [7, 11) is 0. The van der Waals surface area contributed by atoms with E-state index in [4.69, 9.17) is 0 Å². The monoisotopic (exact) mass is 494 g/mol. The first-order chi connectivity index (χ1) is 16.8. The van der Waals surface area contributed by atoms with Gasteiger partial charge < -0.3 is 5.32 Å². The molecule has 1 saturated heterocycles. The third kappa shape index (κ3) is 3.95. The van der Waals surface area contributed by atoms with Gasteiger partial charge in [0.25, 0.3) is 17.7 Å². The van der Waals surface area contributed by atoms with E-state index >= 15 is 0 Å². The van der Waals surface area contributed by atoms with Crippen molar-refractivity contribution >= 4 is 45.3 Å². The fourth-order valence-corrected chi connectivity index (χ4v) is 5.99. The van der Waals surface area contributed by atoms with E-state index in [1.54, 1.807) is 10.7 Å². The summed E-state index contributed by atoms with van der Waals surface area (Å²) in [5.41, 5.74) is 5.44. The van der Waals surface area contributed by atoms with Crippen LogP contribution in [0.5, 0.6) is 0 Å². The third-order valence-corrected chi connectivity index (χ3v) is 8.00. The maximum absolute atomic E-state index is 13.0. The molecule has 2 aliphatic rings. The zero-order valence-corrected chi connectivity index (χ0v) is 20.3. The van der Waals surface area contributed by atoms with Crippen LogP contribution >= 0.6 is 11.3 Å². The number of fused-ring (bicyclic) bond motifs is 1. The second kappa shape index (κ2) is 8.81. The first-order valence-corrected chi connectivity index (χ1v) is 12.4. The van der Waals surface area contributed by atoms with Crippen LogP contribution in [0.2, 0.25) is 0 Å². The molecule has 3 aromatic rings. The average Bonchev–Trinajstić information content (AvgIpc) is 3.49. The summed E-state index contributed by atoms with van der Waals surface area (Å²) in [5.74, 6) is -1.52. The van der Waals surface area contributed by atoms with E-state index in [-0.39, 0.29) is 11.8 Å². The lowest BCUT2D eigenvalue weighted by atomic mass is 9.73. The molecular weight excluding hydrogens is 468 g/mol. The summed E-state index contributed by atoms with van der Waals surface area (Å²) in [5, 5.41) is 8.22. The molecule has 2 atom stereocenters. The van der Waals surface area contributed by atoms with Crippen LogP contribution in [0.4, 0.5) is 4.79 Å². The zero-order valence-electron chi connectivity index (χ0n) is 19.5. The van der Waals surface area contributed by atoms with Gasteiger partial charge in [0, 0.05) is 5.39 Å². The van der Waals surface area contributed by atoms with E-state index in [1.165, 1.54) is 11.3 Å². The Morgan fingerprint density at radius 2 is 1.97 bits per heavy atom. The van der Waals surface area contributed by atoms with Crippen LogP contribution < -0.4 is 16.2 Å². The SMILES string of the molecule is Cc1nn(-c2ccccc2)c2sc(C(=O)NNC(=O)CN3C(=O)NC4(CCCCC4C)C3=O)cc12. The molecule has 2 fully saturated rings. The molecule has 35 heavy (non-hydrogen) atoms. The second-order valence-corrected chi connectivity index (χ2v) is 10.1. The molecule has 1 spiro atoms.